The van der Waals surface area contributed by atoms with Crippen LogP contribution >= 0.6 is 11.9 Å². The van der Waals surface area contributed by atoms with Crippen molar-refractivity contribution in [3.8, 4) is 28.8 Å². The molecule has 4 rings (SSSR count). The number of hydrogen-bond acceptors (Lipinski definition) is 8. The summed E-state index contributed by atoms with van der Waals surface area (Å²) in [5.74, 6) is 3.80. The molecule has 0 aliphatic carbocycles. The number of rotatable bonds is 6. The summed E-state index contributed by atoms with van der Waals surface area (Å²) >= 11 is 1.42. The van der Waals surface area contributed by atoms with E-state index in [0.29, 0.717) is 34.7 Å². The van der Waals surface area contributed by atoms with Gasteiger partial charge in [-0.05, 0) is 57.1 Å². The van der Waals surface area contributed by atoms with E-state index in [1.54, 1.807) is 14.2 Å². The van der Waals surface area contributed by atoms with Gasteiger partial charge in [0.05, 0.1) is 14.2 Å². The van der Waals surface area contributed by atoms with Crippen molar-refractivity contribution >= 4 is 17.9 Å². The molecule has 1 fully saturated rings. The molecule has 1 aliphatic heterocycles. The maximum Gasteiger partial charge on any atom is 0.239 e. The van der Waals surface area contributed by atoms with E-state index in [2.05, 4.69) is 20.2 Å². The number of hydrogen-bond donors (Lipinski definition) is 2. The Kier molecular flexibility index (Phi) is 8.04. The zero-order valence-electron chi connectivity index (χ0n) is 17.9. The van der Waals surface area contributed by atoms with Gasteiger partial charge in [-0.25, -0.2) is 0 Å². The number of para-hydroxylation sites is 1. The van der Waals surface area contributed by atoms with Gasteiger partial charge in [0.25, 0.3) is 0 Å². The third kappa shape index (κ3) is 5.09. The molecule has 2 aromatic heterocycles. The lowest BCUT2D eigenvalue weighted by molar-refractivity contribution is 0.391. The monoisotopic (exact) mass is 431 g/mol. The van der Waals surface area contributed by atoms with Gasteiger partial charge in [-0.3, -0.25) is 9.29 Å². The highest BCUT2D eigenvalue weighted by atomic mass is 32.2. The summed E-state index contributed by atoms with van der Waals surface area (Å²) in [4.78, 5) is 0. The largest absolute Gasteiger partial charge is 0.494 e. The second-order valence-electron chi connectivity index (χ2n) is 6.72. The molecule has 3 heterocycles. The molecule has 0 saturated carbocycles. The third-order valence-corrected chi connectivity index (χ3v) is 5.04. The average molecular weight is 432 g/mol. The standard InChI is InChI=1S/C16H18N4O3S.C5H11N/c1-10-8-9-13(23-10)15-17-18-16(19-24-4)20(15)14-11(21-2)6-5-7-12(14)22-3;1-2-4-6-5-3-1/h5-9H,1-4H3,(H,18,19);6H,1-5H2. The van der Waals surface area contributed by atoms with Gasteiger partial charge in [0.1, 0.15) is 22.9 Å². The van der Waals surface area contributed by atoms with E-state index in [4.69, 9.17) is 13.9 Å². The van der Waals surface area contributed by atoms with Crippen LogP contribution in [0, 0.1) is 6.92 Å². The molecular weight excluding hydrogens is 402 g/mol. The molecule has 2 N–H and O–H groups in total. The van der Waals surface area contributed by atoms with Crippen molar-refractivity contribution in [1.29, 1.82) is 0 Å². The summed E-state index contributed by atoms with van der Waals surface area (Å²) in [5, 5.41) is 11.8. The normalized spacial score (nSPS) is 13.3. The van der Waals surface area contributed by atoms with E-state index in [9.17, 15) is 0 Å². The van der Waals surface area contributed by atoms with Gasteiger partial charge in [-0.1, -0.05) is 24.4 Å². The van der Waals surface area contributed by atoms with Crippen LogP contribution in [0.15, 0.2) is 34.7 Å². The molecule has 0 atom stereocenters. The summed E-state index contributed by atoms with van der Waals surface area (Å²) < 4.78 is 21.7. The Morgan fingerprint density at radius 3 is 2.20 bits per heavy atom. The molecule has 1 saturated heterocycles. The Balaban J connectivity index is 0.000000367. The number of furan rings is 1. The maximum atomic E-state index is 5.73. The lowest BCUT2D eigenvalue weighted by Gasteiger charge is -2.16. The number of nitrogens with zero attached hydrogens (tertiary/aromatic N) is 3. The van der Waals surface area contributed by atoms with Crippen molar-refractivity contribution in [3.63, 3.8) is 0 Å². The van der Waals surface area contributed by atoms with Gasteiger partial charge >= 0.3 is 0 Å². The van der Waals surface area contributed by atoms with Crippen molar-refractivity contribution in [3.05, 3.63) is 36.1 Å². The van der Waals surface area contributed by atoms with Crippen LogP contribution in [-0.2, 0) is 0 Å². The van der Waals surface area contributed by atoms with Crippen LogP contribution in [0.25, 0.3) is 17.3 Å². The molecule has 3 aromatic rings. The fraction of sp³-hybridized carbons (Fsp3) is 0.429. The third-order valence-electron chi connectivity index (χ3n) is 4.65. The minimum absolute atomic E-state index is 0.550. The lowest BCUT2D eigenvalue weighted by Crippen LogP contribution is -2.21. The first-order valence-electron chi connectivity index (χ1n) is 9.93. The van der Waals surface area contributed by atoms with Gasteiger partial charge in [0.15, 0.2) is 5.76 Å². The molecule has 0 unspecified atom stereocenters. The highest BCUT2D eigenvalue weighted by Gasteiger charge is 2.23. The summed E-state index contributed by atoms with van der Waals surface area (Å²) in [5.41, 5.74) is 0.702. The molecule has 1 aromatic carbocycles. The first-order chi connectivity index (χ1) is 14.7. The molecule has 8 nitrogen and oxygen atoms in total. The van der Waals surface area contributed by atoms with Crippen LogP contribution in [-0.4, -0.2) is 48.3 Å². The summed E-state index contributed by atoms with van der Waals surface area (Å²) in [6, 6.07) is 9.33. The van der Waals surface area contributed by atoms with Gasteiger partial charge in [0, 0.05) is 6.26 Å². The molecule has 30 heavy (non-hydrogen) atoms. The fourth-order valence-corrected chi connectivity index (χ4v) is 3.54. The molecule has 0 spiro atoms. The van der Waals surface area contributed by atoms with E-state index < -0.39 is 0 Å². The van der Waals surface area contributed by atoms with Gasteiger partial charge in [0.2, 0.25) is 11.8 Å². The molecular formula is C21H29N5O3S. The van der Waals surface area contributed by atoms with Crippen molar-refractivity contribution in [2.45, 2.75) is 26.2 Å². The number of anilines is 1. The van der Waals surface area contributed by atoms with E-state index in [1.807, 2.05) is 48.1 Å². The summed E-state index contributed by atoms with van der Waals surface area (Å²) in [7, 11) is 3.22. The van der Waals surface area contributed by atoms with Crippen LogP contribution in [0.2, 0.25) is 0 Å². The van der Waals surface area contributed by atoms with E-state index in [0.717, 1.165) is 5.76 Å². The Morgan fingerprint density at radius 1 is 1.03 bits per heavy atom. The van der Waals surface area contributed by atoms with Crippen LogP contribution in [0.5, 0.6) is 11.5 Å². The Labute approximate surface area is 181 Å². The second kappa shape index (κ2) is 10.9. The first kappa shape index (κ1) is 22.0. The average Bonchev–Trinajstić information content (AvgIpc) is 3.41. The number of aromatic nitrogens is 3. The Morgan fingerprint density at radius 2 is 1.73 bits per heavy atom. The molecule has 0 bridgehead atoms. The first-order valence-corrected chi connectivity index (χ1v) is 11.1. The SMILES string of the molecule is C1CCNCC1.COc1cccc(OC)c1-n1c(NSC)nnc1-c1ccc(C)o1. The van der Waals surface area contributed by atoms with Crippen molar-refractivity contribution < 1.29 is 13.9 Å². The number of nitrogens with one attached hydrogen (secondary N) is 2. The van der Waals surface area contributed by atoms with Crippen LogP contribution < -0.4 is 19.5 Å². The predicted octanol–water partition coefficient (Wildman–Crippen LogP) is 4.30. The molecule has 1 aliphatic rings. The minimum Gasteiger partial charge on any atom is -0.494 e. The molecule has 162 valence electrons. The van der Waals surface area contributed by atoms with Crippen molar-refractivity contribution in [2.24, 2.45) is 0 Å². The smallest absolute Gasteiger partial charge is 0.239 e. The van der Waals surface area contributed by atoms with Crippen molar-refractivity contribution in [2.75, 3.05) is 38.3 Å². The topological polar surface area (TPSA) is 86.4 Å². The van der Waals surface area contributed by atoms with E-state index in [1.165, 1.54) is 44.3 Å². The zero-order chi connectivity index (χ0) is 21.3. The van der Waals surface area contributed by atoms with Crippen LogP contribution in [0.1, 0.15) is 25.0 Å². The number of benzene rings is 1. The summed E-state index contributed by atoms with van der Waals surface area (Å²) in [6.07, 6.45) is 6.13. The van der Waals surface area contributed by atoms with E-state index in [-0.39, 0.29) is 0 Å². The van der Waals surface area contributed by atoms with Crippen LogP contribution in [0.4, 0.5) is 5.95 Å². The quantitative estimate of drug-likeness (QED) is 0.559. The number of aryl methyl sites for hydroxylation is 1. The fourth-order valence-electron chi connectivity index (χ4n) is 3.22. The number of ether oxygens (including phenoxy) is 2. The summed E-state index contributed by atoms with van der Waals surface area (Å²) in [6.45, 7) is 4.38. The molecule has 0 radical (unpaired) electrons. The maximum absolute atomic E-state index is 5.73. The van der Waals surface area contributed by atoms with Crippen molar-refractivity contribution in [1.82, 2.24) is 20.1 Å². The second-order valence-corrected chi connectivity index (χ2v) is 7.33. The lowest BCUT2D eigenvalue weighted by atomic mass is 10.2. The Bertz CT molecular complexity index is 903. The van der Waals surface area contributed by atoms with Crippen LogP contribution in [0.3, 0.4) is 0 Å². The van der Waals surface area contributed by atoms with E-state index >= 15 is 0 Å². The number of piperidine rings is 1. The Hall–Kier alpha value is -2.65. The highest BCUT2D eigenvalue weighted by molar-refractivity contribution is 7.99. The number of methoxy groups -OCH3 is 2. The minimum atomic E-state index is 0.550. The predicted molar refractivity (Wildman–Crippen MR) is 121 cm³/mol. The molecule has 0 amide bonds. The molecule has 9 heteroatoms. The van der Waals surface area contributed by atoms with Gasteiger partial charge in [-0.15, -0.1) is 10.2 Å². The van der Waals surface area contributed by atoms with Gasteiger partial charge < -0.3 is 19.2 Å². The zero-order valence-corrected chi connectivity index (χ0v) is 18.7. The van der Waals surface area contributed by atoms with Gasteiger partial charge in [-0.2, -0.15) is 0 Å². The highest BCUT2D eigenvalue weighted by Crippen LogP contribution is 2.38.